The highest BCUT2D eigenvalue weighted by atomic mass is 16.7. The number of aryl methyl sites for hydroxylation is 1. The Kier molecular flexibility index (Phi) is 15.0. The first-order valence-corrected chi connectivity index (χ1v) is 22.1. The van der Waals surface area contributed by atoms with Crippen molar-refractivity contribution in [1.82, 2.24) is 16.0 Å². The van der Waals surface area contributed by atoms with Crippen LogP contribution in [0.2, 0.25) is 0 Å². The number of nitrogens with two attached hydrogens (primary N) is 1. The number of carboxylic acids is 1. The summed E-state index contributed by atoms with van der Waals surface area (Å²) in [4.78, 5) is 67.7. The molecule has 3 aromatic rings. The Balaban J connectivity index is 1.32. The Morgan fingerprint density at radius 3 is 2.16 bits per heavy atom. The van der Waals surface area contributed by atoms with Crippen molar-refractivity contribution in [2.24, 2.45) is 5.73 Å². The molecule has 0 bridgehead atoms. The Morgan fingerprint density at radius 1 is 0.841 bits per heavy atom. The van der Waals surface area contributed by atoms with Crippen LogP contribution in [0.25, 0.3) is 11.1 Å². The van der Waals surface area contributed by atoms with Gasteiger partial charge in [0.15, 0.2) is 24.1 Å². The third-order valence-electron chi connectivity index (χ3n) is 13.0. The molecule has 7 rings (SSSR count). The van der Waals surface area contributed by atoms with Crippen LogP contribution < -0.4 is 26.4 Å². The van der Waals surface area contributed by atoms with E-state index >= 15 is 0 Å². The van der Waals surface area contributed by atoms with Gasteiger partial charge in [0.25, 0.3) is 5.91 Å². The molecule has 3 aromatic carbocycles. The summed E-state index contributed by atoms with van der Waals surface area (Å²) in [5.41, 5.74) is 1.93. The van der Waals surface area contributed by atoms with Crippen LogP contribution in [-0.2, 0) is 28.5 Å². The van der Waals surface area contributed by atoms with Gasteiger partial charge in [-0.1, -0.05) is 6.07 Å². The van der Waals surface area contributed by atoms with Crippen LogP contribution in [0.4, 0.5) is 0 Å². The van der Waals surface area contributed by atoms with Gasteiger partial charge in [-0.3, -0.25) is 19.2 Å². The number of unbranched alkanes of at least 4 members (excludes halogenated alkanes) is 1. The molecule has 0 spiro atoms. The van der Waals surface area contributed by atoms with Crippen LogP contribution in [0, 0.1) is 6.92 Å². The summed E-state index contributed by atoms with van der Waals surface area (Å²) < 4.78 is 29.1. The summed E-state index contributed by atoms with van der Waals surface area (Å²) in [6.07, 6.45) is -14.9. The fourth-order valence-electron chi connectivity index (χ4n) is 9.35. The van der Waals surface area contributed by atoms with Crippen molar-refractivity contribution < 1.29 is 93.6 Å². The molecule has 13 atom stereocenters. The van der Waals surface area contributed by atoms with Crippen LogP contribution >= 0.6 is 0 Å². The molecule has 374 valence electrons. The number of carboxylic acid groups (broad SMARTS) is 1. The van der Waals surface area contributed by atoms with E-state index in [0.29, 0.717) is 19.4 Å². The molecule has 13 unspecified atom stereocenters. The van der Waals surface area contributed by atoms with Crippen LogP contribution in [-0.4, -0.2) is 170 Å². The Hall–Kier alpha value is -5.83. The van der Waals surface area contributed by atoms with Gasteiger partial charge in [0, 0.05) is 28.3 Å². The second-order valence-corrected chi connectivity index (χ2v) is 17.5. The smallest absolute Gasteiger partial charge is 0.326 e. The lowest BCUT2D eigenvalue weighted by molar-refractivity contribution is -0.339. The van der Waals surface area contributed by atoms with E-state index in [-0.39, 0.29) is 34.4 Å². The SMILES string of the molecule is CNC1C(C)OC(OC2c3cc(C)c(C(=O)NC(C)C(=O)NC(CCCCN)C(=O)O)c(O)c3-c3c(cc4c(c3O)C(=O)c3cc(OC)cc(O)c3C4=O)C2O)C(O)C1OC1OCC(O)C(O)C1O. The van der Waals surface area contributed by atoms with Crippen molar-refractivity contribution in [2.45, 2.75) is 120 Å². The standard InChI is InChI=1S/C46H56N4O19/c1-15-10-22-29(36(57)26(15)43(62)49-16(2)42(61)50-23(44(63)64)8-6-7-9-47)28-20(13-21-30(37(28)58)33(54)19-11-18(65-5)12-24(51)27(19)32(21)53)34(55)40(22)68-46-39(60)41(31(48-4)17(3)67-46)69-45-38(59)35(56)25(52)14-66-45/h10-13,16-17,23,25,31,34-35,38-41,45-46,48,51-52,55-60H,6-9,14,47H2,1-5H3,(H,49,62)(H,50,61)(H,63,64). The lowest BCUT2D eigenvalue weighted by Gasteiger charge is -2.47. The first-order chi connectivity index (χ1) is 32.7. The summed E-state index contributed by atoms with van der Waals surface area (Å²) in [5.74, 6) is -7.57. The lowest BCUT2D eigenvalue weighted by atomic mass is 9.74. The number of hydrogen-bond donors (Lipinski definition) is 13. The quantitative estimate of drug-likeness (QED) is 0.0636. The highest BCUT2D eigenvalue weighted by Crippen LogP contribution is 2.57. The fraction of sp³-hybridized carbons (Fsp3) is 0.500. The summed E-state index contributed by atoms with van der Waals surface area (Å²) in [5, 5.41) is 108. The molecule has 4 aliphatic rings. The van der Waals surface area contributed by atoms with E-state index in [4.69, 9.17) is 29.4 Å². The van der Waals surface area contributed by atoms with Crippen molar-refractivity contribution in [3.63, 3.8) is 0 Å². The molecule has 2 fully saturated rings. The number of phenols is 3. The van der Waals surface area contributed by atoms with Gasteiger partial charge in [0.1, 0.15) is 77.8 Å². The average Bonchev–Trinajstić information content (AvgIpc) is 3.30. The number of rotatable bonds is 15. The number of ketones is 2. The highest BCUT2D eigenvalue weighted by Gasteiger charge is 2.51. The summed E-state index contributed by atoms with van der Waals surface area (Å²) in [6, 6.07) is 1.12. The summed E-state index contributed by atoms with van der Waals surface area (Å²) >= 11 is 0. The molecular formula is C46H56N4O19. The third-order valence-corrected chi connectivity index (χ3v) is 13.0. The number of carbonyl (C=O) groups is 5. The zero-order valence-electron chi connectivity index (χ0n) is 38.0. The van der Waals surface area contributed by atoms with Gasteiger partial charge in [0.05, 0.1) is 42.6 Å². The first-order valence-electron chi connectivity index (χ1n) is 22.1. The van der Waals surface area contributed by atoms with Gasteiger partial charge in [-0.05, 0) is 82.4 Å². The van der Waals surface area contributed by atoms with Gasteiger partial charge in [-0.25, -0.2) is 4.79 Å². The van der Waals surface area contributed by atoms with Gasteiger partial charge < -0.3 is 91.3 Å². The van der Waals surface area contributed by atoms with Gasteiger partial charge in [-0.15, -0.1) is 0 Å². The molecule has 23 heteroatoms. The molecule has 0 radical (unpaired) electrons. The zero-order chi connectivity index (χ0) is 50.5. The fourth-order valence-corrected chi connectivity index (χ4v) is 9.35. The van der Waals surface area contributed by atoms with Crippen LogP contribution in [0.1, 0.15) is 104 Å². The molecule has 69 heavy (non-hydrogen) atoms. The van der Waals surface area contributed by atoms with E-state index in [1.807, 2.05) is 0 Å². The molecule has 0 aromatic heterocycles. The largest absolute Gasteiger partial charge is 0.507 e. The van der Waals surface area contributed by atoms with Crippen molar-refractivity contribution in [3.05, 3.63) is 68.8 Å². The topological polar surface area (TPSA) is 376 Å². The number of fused-ring (bicyclic) bond motifs is 5. The minimum atomic E-state index is -1.93. The van der Waals surface area contributed by atoms with Gasteiger partial charge in [0.2, 0.25) is 5.91 Å². The summed E-state index contributed by atoms with van der Waals surface area (Å²) in [6.45, 7) is 4.12. The number of aliphatic hydroxyl groups excluding tert-OH is 5. The predicted molar refractivity (Wildman–Crippen MR) is 235 cm³/mol. The van der Waals surface area contributed by atoms with Crippen molar-refractivity contribution in [1.29, 1.82) is 0 Å². The van der Waals surface area contributed by atoms with E-state index in [2.05, 4.69) is 16.0 Å². The van der Waals surface area contributed by atoms with Crippen LogP contribution in [0.3, 0.4) is 0 Å². The molecule has 23 nitrogen and oxygen atoms in total. The van der Waals surface area contributed by atoms with Crippen molar-refractivity contribution >= 4 is 29.4 Å². The number of nitrogens with one attached hydrogen (secondary N) is 3. The van der Waals surface area contributed by atoms with Crippen molar-refractivity contribution in [2.75, 3.05) is 27.3 Å². The molecule has 2 amide bonds. The zero-order valence-corrected chi connectivity index (χ0v) is 38.0. The highest BCUT2D eigenvalue weighted by molar-refractivity contribution is 6.31. The average molecular weight is 969 g/mol. The Morgan fingerprint density at radius 2 is 1.51 bits per heavy atom. The molecule has 0 saturated carbocycles. The number of hydrogen-bond acceptors (Lipinski definition) is 20. The Labute approximate surface area is 393 Å². The second kappa shape index (κ2) is 20.3. The van der Waals surface area contributed by atoms with E-state index in [9.17, 15) is 69.9 Å². The van der Waals surface area contributed by atoms with Crippen molar-refractivity contribution in [3.8, 4) is 34.1 Å². The first kappa shape index (κ1) is 51.0. The molecule has 2 saturated heterocycles. The number of ether oxygens (including phenoxy) is 5. The third kappa shape index (κ3) is 9.23. The molecule has 14 N–H and O–H groups in total. The normalized spacial score (nSPS) is 28.1. The van der Waals surface area contributed by atoms with Gasteiger partial charge >= 0.3 is 5.97 Å². The van der Waals surface area contributed by atoms with Crippen LogP contribution in [0.15, 0.2) is 24.3 Å². The molecule has 2 aliphatic heterocycles. The van der Waals surface area contributed by atoms with E-state index in [1.165, 1.54) is 40.1 Å². The molecule has 2 aliphatic carbocycles. The summed E-state index contributed by atoms with van der Waals surface area (Å²) in [7, 11) is 2.79. The van der Waals surface area contributed by atoms with E-state index in [1.54, 1.807) is 6.92 Å². The number of aromatic hydroxyl groups is 3. The number of carbonyl (C=O) groups excluding carboxylic acids is 4. The predicted octanol–water partition coefficient (Wildman–Crippen LogP) is -0.998. The second-order valence-electron chi connectivity index (χ2n) is 17.5. The monoisotopic (exact) mass is 968 g/mol. The number of methoxy groups -OCH3 is 1. The minimum Gasteiger partial charge on any atom is -0.507 e. The molecule has 2 heterocycles. The number of aliphatic carboxylic acids is 1. The lowest BCUT2D eigenvalue weighted by Crippen LogP contribution is -2.65. The van der Waals surface area contributed by atoms with Gasteiger partial charge in [-0.2, -0.15) is 0 Å². The minimum absolute atomic E-state index is 0.000214. The number of aliphatic hydroxyl groups is 5. The number of phenolic OH excluding ortho intramolecular Hbond substituents is 3. The van der Waals surface area contributed by atoms with E-state index in [0.717, 1.165) is 12.1 Å². The maximum Gasteiger partial charge on any atom is 0.326 e. The number of likely N-dealkylation sites (N-methyl/N-ethyl adjacent to an activating group) is 1. The maximum atomic E-state index is 14.3. The Bertz CT molecular complexity index is 2540. The maximum absolute atomic E-state index is 14.3. The van der Waals surface area contributed by atoms with Crippen LogP contribution in [0.5, 0.6) is 23.0 Å². The van der Waals surface area contributed by atoms with E-state index < -0.39 is 166 Å². The number of benzene rings is 3. The molecular weight excluding hydrogens is 913 g/mol. The number of amides is 2.